The van der Waals surface area contributed by atoms with E-state index >= 15 is 0 Å². The minimum Gasteiger partial charge on any atom is -0.481 e. The van der Waals surface area contributed by atoms with E-state index in [0.29, 0.717) is 5.56 Å². The number of primary amides is 1. The van der Waals surface area contributed by atoms with Crippen molar-refractivity contribution in [1.29, 1.82) is 0 Å². The highest BCUT2D eigenvalue weighted by Crippen LogP contribution is 2.16. The van der Waals surface area contributed by atoms with Gasteiger partial charge in [-0.2, -0.15) is 0 Å². The molecule has 1 atom stereocenters. The topological polar surface area (TPSA) is 122 Å². The molecule has 3 amide bonds. The number of nitrogens with one attached hydrogen (secondary N) is 2. The van der Waals surface area contributed by atoms with E-state index in [1.807, 2.05) is 0 Å². The Balaban J connectivity index is 2.80. The first-order valence-electron chi connectivity index (χ1n) is 6.37. The van der Waals surface area contributed by atoms with Crippen LogP contribution in [0.4, 0.5) is 4.79 Å². The van der Waals surface area contributed by atoms with Crippen molar-refractivity contribution in [1.82, 2.24) is 10.6 Å². The highest BCUT2D eigenvalue weighted by Gasteiger charge is 2.28. The molecule has 0 saturated carbocycles. The van der Waals surface area contributed by atoms with Gasteiger partial charge in [0.25, 0.3) is 0 Å². The lowest BCUT2D eigenvalue weighted by Gasteiger charge is -2.25. The van der Waals surface area contributed by atoms with Crippen LogP contribution in [0, 0.1) is 0 Å². The summed E-state index contributed by atoms with van der Waals surface area (Å²) in [7, 11) is 0. The summed E-state index contributed by atoms with van der Waals surface area (Å²) in [5.41, 5.74) is 4.60. The predicted octanol–water partition coefficient (Wildman–Crippen LogP) is 0.765. The molecule has 21 heavy (non-hydrogen) atoms. The number of carbonyl (C=O) groups is 3. The Morgan fingerprint density at radius 2 is 1.81 bits per heavy atom. The van der Waals surface area contributed by atoms with E-state index in [0.717, 1.165) is 0 Å². The number of hydrogen-bond donors (Lipinski definition) is 4. The van der Waals surface area contributed by atoms with E-state index in [2.05, 4.69) is 10.6 Å². The fourth-order valence-electron chi connectivity index (χ4n) is 1.65. The first-order valence-corrected chi connectivity index (χ1v) is 6.37. The minimum atomic E-state index is -1.23. The normalized spacial score (nSPS) is 12.3. The number of carbonyl (C=O) groups excluding carboxylic acids is 2. The number of rotatable bonds is 6. The second-order valence-electron chi connectivity index (χ2n) is 5.15. The van der Waals surface area contributed by atoms with Crippen molar-refractivity contribution in [3.8, 4) is 0 Å². The lowest BCUT2D eigenvalue weighted by atomic mass is 10.0. The number of aliphatic carboxylic acids is 1. The van der Waals surface area contributed by atoms with Crippen LogP contribution >= 0.6 is 0 Å². The fourth-order valence-corrected chi connectivity index (χ4v) is 1.65. The molecule has 7 nitrogen and oxygen atoms in total. The second-order valence-corrected chi connectivity index (χ2v) is 5.15. The molecule has 1 aromatic carbocycles. The molecular formula is C14H19N3O4. The van der Waals surface area contributed by atoms with E-state index in [9.17, 15) is 14.4 Å². The van der Waals surface area contributed by atoms with Crippen molar-refractivity contribution in [3.05, 3.63) is 35.9 Å². The zero-order chi connectivity index (χ0) is 16.0. The molecule has 0 bridgehead atoms. The molecule has 1 aromatic rings. The van der Waals surface area contributed by atoms with Crippen molar-refractivity contribution in [2.24, 2.45) is 5.73 Å². The Bertz CT molecular complexity index is 528. The molecule has 1 rings (SSSR count). The monoisotopic (exact) mass is 293 g/mol. The number of carboxylic acid groups (broad SMARTS) is 1. The maximum Gasteiger partial charge on any atom is 0.316 e. The Hall–Kier alpha value is -2.57. The van der Waals surface area contributed by atoms with Crippen LogP contribution in [-0.4, -0.2) is 28.6 Å². The first kappa shape index (κ1) is 16.5. The van der Waals surface area contributed by atoms with Crippen molar-refractivity contribution < 1.29 is 19.5 Å². The van der Waals surface area contributed by atoms with Crippen LogP contribution in [0.15, 0.2) is 30.3 Å². The summed E-state index contributed by atoms with van der Waals surface area (Å²) < 4.78 is 0. The third-order valence-corrected chi connectivity index (χ3v) is 2.93. The van der Waals surface area contributed by atoms with Crippen LogP contribution < -0.4 is 16.4 Å². The summed E-state index contributed by atoms with van der Waals surface area (Å²) in [6.45, 7) is 2.92. The number of nitrogens with two attached hydrogens (primary N) is 1. The van der Waals surface area contributed by atoms with E-state index < -0.39 is 29.5 Å². The van der Waals surface area contributed by atoms with Gasteiger partial charge in [0.15, 0.2) is 0 Å². The SMILES string of the molecule is CC(C)(NC(=O)NC(CC(=O)O)c1ccccc1)C(N)=O. The van der Waals surface area contributed by atoms with Crippen molar-refractivity contribution >= 4 is 17.9 Å². The predicted molar refractivity (Wildman–Crippen MR) is 76.4 cm³/mol. The van der Waals surface area contributed by atoms with Gasteiger partial charge >= 0.3 is 12.0 Å². The Kier molecular flexibility index (Phi) is 5.29. The van der Waals surface area contributed by atoms with E-state index in [-0.39, 0.29) is 6.42 Å². The fraction of sp³-hybridized carbons (Fsp3) is 0.357. The molecule has 0 aromatic heterocycles. The highest BCUT2D eigenvalue weighted by molar-refractivity contribution is 5.89. The van der Waals surface area contributed by atoms with Gasteiger partial charge in [0.05, 0.1) is 12.5 Å². The first-order chi connectivity index (χ1) is 9.72. The van der Waals surface area contributed by atoms with Crippen LogP contribution in [-0.2, 0) is 9.59 Å². The minimum absolute atomic E-state index is 0.269. The lowest BCUT2D eigenvalue weighted by Crippen LogP contribution is -2.56. The largest absolute Gasteiger partial charge is 0.481 e. The van der Waals surface area contributed by atoms with Gasteiger partial charge in [-0.1, -0.05) is 30.3 Å². The molecule has 0 spiro atoms. The number of amides is 3. The summed E-state index contributed by atoms with van der Waals surface area (Å²) in [5.74, 6) is -1.73. The summed E-state index contributed by atoms with van der Waals surface area (Å²) in [4.78, 5) is 34.0. The number of benzene rings is 1. The summed E-state index contributed by atoms with van der Waals surface area (Å²) in [6.07, 6.45) is -0.269. The second kappa shape index (κ2) is 6.74. The number of carboxylic acids is 1. The van der Waals surface area contributed by atoms with Gasteiger partial charge in [-0.15, -0.1) is 0 Å². The molecule has 0 saturated heterocycles. The number of urea groups is 1. The van der Waals surface area contributed by atoms with Gasteiger partial charge in [-0.25, -0.2) is 4.79 Å². The molecule has 0 fully saturated rings. The molecule has 0 aliphatic carbocycles. The van der Waals surface area contributed by atoms with E-state index in [4.69, 9.17) is 10.8 Å². The lowest BCUT2D eigenvalue weighted by molar-refractivity contribution is -0.137. The molecule has 1 unspecified atom stereocenters. The number of hydrogen-bond acceptors (Lipinski definition) is 3. The van der Waals surface area contributed by atoms with Crippen LogP contribution in [0.3, 0.4) is 0 Å². The summed E-state index contributed by atoms with van der Waals surface area (Å²) in [5, 5.41) is 13.9. The molecule has 5 N–H and O–H groups in total. The van der Waals surface area contributed by atoms with Crippen molar-refractivity contribution in [3.63, 3.8) is 0 Å². The maximum atomic E-state index is 11.9. The van der Waals surface area contributed by atoms with Gasteiger partial charge in [-0.3, -0.25) is 9.59 Å². The zero-order valence-electron chi connectivity index (χ0n) is 11.9. The van der Waals surface area contributed by atoms with Crippen LogP contribution in [0.1, 0.15) is 31.9 Å². The third-order valence-electron chi connectivity index (χ3n) is 2.93. The average molecular weight is 293 g/mol. The quantitative estimate of drug-likeness (QED) is 0.618. The van der Waals surface area contributed by atoms with Gasteiger partial charge < -0.3 is 21.5 Å². The van der Waals surface area contributed by atoms with Gasteiger partial charge in [-0.05, 0) is 19.4 Å². The molecule has 0 radical (unpaired) electrons. The maximum absolute atomic E-state index is 11.9. The Morgan fingerprint density at radius 3 is 2.29 bits per heavy atom. The zero-order valence-corrected chi connectivity index (χ0v) is 11.9. The van der Waals surface area contributed by atoms with E-state index in [1.54, 1.807) is 30.3 Å². The molecule has 114 valence electrons. The van der Waals surface area contributed by atoms with Crippen molar-refractivity contribution in [2.45, 2.75) is 31.8 Å². The van der Waals surface area contributed by atoms with Gasteiger partial charge in [0.2, 0.25) is 5.91 Å². The average Bonchev–Trinajstić information content (AvgIpc) is 2.37. The van der Waals surface area contributed by atoms with Gasteiger partial charge in [0.1, 0.15) is 5.54 Å². The Morgan fingerprint density at radius 1 is 1.24 bits per heavy atom. The molecule has 0 heterocycles. The molecule has 0 aliphatic heterocycles. The Labute approximate surface area is 122 Å². The standard InChI is InChI=1S/C14H19N3O4/c1-14(2,12(15)20)17-13(21)16-10(8-11(18)19)9-6-4-3-5-7-9/h3-7,10H,8H2,1-2H3,(H2,15,20)(H,18,19)(H2,16,17,21). The summed E-state index contributed by atoms with van der Waals surface area (Å²) >= 11 is 0. The van der Waals surface area contributed by atoms with Crippen LogP contribution in [0.5, 0.6) is 0 Å². The van der Waals surface area contributed by atoms with Crippen molar-refractivity contribution in [2.75, 3.05) is 0 Å². The van der Waals surface area contributed by atoms with Crippen LogP contribution in [0.2, 0.25) is 0 Å². The molecule has 0 aliphatic rings. The summed E-state index contributed by atoms with van der Waals surface area (Å²) in [6, 6.07) is 7.35. The van der Waals surface area contributed by atoms with Gasteiger partial charge in [0, 0.05) is 0 Å². The molecular weight excluding hydrogens is 274 g/mol. The smallest absolute Gasteiger partial charge is 0.316 e. The third kappa shape index (κ3) is 5.13. The van der Waals surface area contributed by atoms with Crippen LogP contribution in [0.25, 0.3) is 0 Å². The molecule has 7 heteroatoms. The van der Waals surface area contributed by atoms with E-state index in [1.165, 1.54) is 13.8 Å². The highest BCUT2D eigenvalue weighted by atomic mass is 16.4.